The van der Waals surface area contributed by atoms with E-state index in [-0.39, 0.29) is 6.61 Å². The Morgan fingerprint density at radius 3 is 2.59 bits per heavy atom. The molecule has 0 spiro atoms. The number of nitrogens with zero attached hydrogens (tertiary/aromatic N) is 1. The first kappa shape index (κ1) is 20.1. The van der Waals surface area contributed by atoms with E-state index in [9.17, 15) is 4.79 Å². The van der Waals surface area contributed by atoms with Gasteiger partial charge in [0.1, 0.15) is 11.5 Å². The molecule has 0 aromatic heterocycles. The molecule has 27 heavy (non-hydrogen) atoms. The van der Waals surface area contributed by atoms with Crippen LogP contribution in [0.5, 0.6) is 11.5 Å². The van der Waals surface area contributed by atoms with Gasteiger partial charge < -0.3 is 25.8 Å². The van der Waals surface area contributed by atoms with Crippen molar-refractivity contribution in [2.24, 2.45) is 10.7 Å². The molecule has 0 unspecified atom stereocenters. The number of guanidine groups is 1. The Morgan fingerprint density at radius 2 is 1.85 bits per heavy atom. The smallest absolute Gasteiger partial charge is 0.255 e. The highest BCUT2D eigenvalue weighted by Gasteiger charge is 2.05. The number of benzene rings is 2. The summed E-state index contributed by atoms with van der Waals surface area (Å²) in [5.41, 5.74) is 7.15. The van der Waals surface area contributed by atoms with Gasteiger partial charge in [-0.3, -0.25) is 9.79 Å². The van der Waals surface area contributed by atoms with E-state index in [0.717, 1.165) is 16.9 Å². The molecule has 0 atom stereocenters. The van der Waals surface area contributed by atoms with E-state index in [1.807, 2.05) is 49.4 Å². The molecule has 0 heterocycles. The molecule has 144 valence electrons. The van der Waals surface area contributed by atoms with E-state index < -0.39 is 5.91 Å². The van der Waals surface area contributed by atoms with Crippen LogP contribution < -0.4 is 25.8 Å². The molecule has 0 saturated carbocycles. The second kappa shape index (κ2) is 10.7. The number of nitrogens with two attached hydrogens (primary N) is 1. The van der Waals surface area contributed by atoms with Crippen molar-refractivity contribution in [2.75, 3.05) is 20.3 Å². The van der Waals surface area contributed by atoms with Crippen molar-refractivity contribution < 1.29 is 14.3 Å². The van der Waals surface area contributed by atoms with E-state index in [1.54, 1.807) is 13.1 Å². The van der Waals surface area contributed by atoms with Crippen LogP contribution in [-0.2, 0) is 17.9 Å². The minimum atomic E-state index is -0.504. The van der Waals surface area contributed by atoms with Gasteiger partial charge in [0, 0.05) is 25.7 Å². The largest absolute Gasteiger partial charge is 0.494 e. The van der Waals surface area contributed by atoms with Crippen LogP contribution in [0.4, 0.5) is 0 Å². The Hall–Kier alpha value is -3.22. The zero-order valence-corrected chi connectivity index (χ0v) is 15.7. The molecule has 0 aliphatic heterocycles. The molecule has 4 N–H and O–H groups in total. The van der Waals surface area contributed by atoms with Crippen molar-refractivity contribution in [3.8, 4) is 11.5 Å². The number of amides is 1. The van der Waals surface area contributed by atoms with Gasteiger partial charge in [-0.15, -0.1) is 0 Å². The standard InChI is InChI=1S/C20H26N4O3/c1-3-26-18-10-5-4-8-16(18)13-24-20(22-2)23-12-15-7-6-9-17(11-15)27-14-19(21)25/h4-11H,3,12-14H2,1-2H3,(H2,21,25)(H2,22,23,24). The summed E-state index contributed by atoms with van der Waals surface area (Å²) >= 11 is 0. The molecule has 2 rings (SSSR count). The van der Waals surface area contributed by atoms with Crippen LogP contribution in [0.15, 0.2) is 53.5 Å². The molecule has 0 aliphatic rings. The molecule has 2 aromatic carbocycles. The van der Waals surface area contributed by atoms with Gasteiger partial charge in [-0.05, 0) is 30.7 Å². The number of ether oxygens (including phenoxy) is 2. The molecule has 7 heteroatoms. The van der Waals surface area contributed by atoms with Crippen LogP contribution >= 0.6 is 0 Å². The Labute approximate surface area is 159 Å². The van der Waals surface area contributed by atoms with Crippen LogP contribution in [0.3, 0.4) is 0 Å². The third-order valence-corrected chi connectivity index (χ3v) is 3.68. The molecule has 7 nitrogen and oxygen atoms in total. The molecular formula is C20H26N4O3. The summed E-state index contributed by atoms with van der Waals surface area (Å²) < 4.78 is 11.0. The van der Waals surface area contributed by atoms with Crippen molar-refractivity contribution >= 4 is 11.9 Å². The number of carbonyl (C=O) groups is 1. The highest BCUT2D eigenvalue weighted by Crippen LogP contribution is 2.17. The quantitative estimate of drug-likeness (QED) is 0.462. The summed E-state index contributed by atoms with van der Waals surface area (Å²) in [6.07, 6.45) is 0. The maximum atomic E-state index is 10.8. The Morgan fingerprint density at radius 1 is 1.07 bits per heavy atom. The van der Waals surface area contributed by atoms with E-state index >= 15 is 0 Å². The summed E-state index contributed by atoms with van der Waals surface area (Å²) in [6.45, 7) is 3.60. The first-order chi connectivity index (χ1) is 13.1. The third kappa shape index (κ3) is 6.89. The predicted molar refractivity (Wildman–Crippen MR) is 106 cm³/mol. The molecular weight excluding hydrogens is 344 g/mol. The summed E-state index contributed by atoms with van der Waals surface area (Å²) in [4.78, 5) is 15.1. The monoisotopic (exact) mass is 370 g/mol. The molecule has 2 aromatic rings. The average molecular weight is 370 g/mol. The second-order valence-electron chi connectivity index (χ2n) is 5.72. The number of carbonyl (C=O) groups excluding carboxylic acids is 1. The number of para-hydroxylation sites is 1. The minimum absolute atomic E-state index is 0.140. The van der Waals surface area contributed by atoms with E-state index in [4.69, 9.17) is 15.2 Å². The fourth-order valence-corrected chi connectivity index (χ4v) is 2.43. The third-order valence-electron chi connectivity index (χ3n) is 3.68. The van der Waals surface area contributed by atoms with Crippen LogP contribution in [0.1, 0.15) is 18.1 Å². The van der Waals surface area contributed by atoms with Gasteiger partial charge in [-0.25, -0.2) is 0 Å². The van der Waals surface area contributed by atoms with Crippen molar-refractivity contribution in [3.05, 3.63) is 59.7 Å². The highest BCUT2D eigenvalue weighted by atomic mass is 16.5. The van der Waals surface area contributed by atoms with Crippen LogP contribution in [0, 0.1) is 0 Å². The van der Waals surface area contributed by atoms with Gasteiger partial charge in [0.2, 0.25) is 0 Å². The van der Waals surface area contributed by atoms with Crippen molar-refractivity contribution in [2.45, 2.75) is 20.0 Å². The highest BCUT2D eigenvalue weighted by molar-refractivity contribution is 5.79. The maximum absolute atomic E-state index is 10.8. The molecule has 0 saturated heterocycles. The minimum Gasteiger partial charge on any atom is -0.494 e. The van der Waals surface area contributed by atoms with Gasteiger partial charge in [0.15, 0.2) is 12.6 Å². The normalized spacial score (nSPS) is 11.0. The van der Waals surface area contributed by atoms with E-state index in [1.165, 1.54) is 0 Å². The van der Waals surface area contributed by atoms with Crippen LogP contribution in [0.2, 0.25) is 0 Å². The van der Waals surface area contributed by atoms with Gasteiger partial charge in [0.25, 0.3) is 5.91 Å². The Kier molecular flexibility index (Phi) is 7.96. The first-order valence-corrected chi connectivity index (χ1v) is 8.77. The van der Waals surface area contributed by atoms with Crippen molar-refractivity contribution in [1.29, 1.82) is 0 Å². The van der Waals surface area contributed by atoms with Gasteiger partial charge in [-0.1, -0.05) is 30.3 Å². The maximum Gasteiger partial charge on any atom is 0.255 e. The SMILES string of the molecule is CCOc1ccccc1CNC(=NC)NCc1cccc(OCC(N)=O)c1. The second-order valence-corrected chi connectivity index (χ2v) is 5.72. The van der Waals surface area contributed by atoms with Gasteiger partial charge in [0.05, 0.1) is 6.61 Å². The fourth-order valence-electron chi connectivity index (χ4n) is 2.43. The predicted octanol–water partition coefficient (Wildman–Crippen LogP) is 1.81. The topological polar surface area (TPSA) is 98.0 Å². The lowest BCUT2D eigenvalue weighted by Crippen LogP contribution is -2.36. The first-order valence-electron chi connectivity index (χ1n) is 8.77. The number of hydrogen-bond acceptors (Lipinski definition) is 4. The molecule has 0 fully saturated rings. The van der Waals surface area contributed by atoms with Gasteiger partial charge in [-0.2, -0.15) is 0 Å². The lowest BCUT2D eigenvalue weighted by Gasteiger charge is -2.14. The lowest BCUT2D eigenvalue weighted by atomic mass is 10.2. The van der Waals surface area contributed by atoms with E-state index in [2.05, 4.69) is 15.6 Å². The summed E-state index contributed by atoms with van der Waals surface area (Å²) in [6, 6.07) is 15.4. The number of primary amides is 1. The Bertz CT molecular complexity index is 777. The van der Waals surface area contributed by atoms with Crippen LogP contribution in [-0.4, -0.2) is 32.1 Å². The summed E-state index contributed by atoms with van der Waals surface area (Å²) in [7, 11) is 1.72. The molecule has 0 bridgehead atoms. The molecule has 0 aliphatic carbocycles. The molecule has 0 radical (unpaired) electrons. The number of rotatable bonds is 9. The van der Waals surface area contributed by atoms with Crippen molar-refractivity contribution in [1.82, 2.24) is 10.6 Å². The summed E-state index contributed by atoms with van der Waals surface area (Å²) in [5.74, 6) is 1.63. The zero-order valence-electron chi connectivity index (χ0n) is 15.7. The van der Waals surface area contributed by atoms with Gasteiger partial charge >= 0.3 is 0 Å². The number of hydrogen-bond donors (Lipinski definition) is 3. The van der Waals surface area contributed by atoms with Crippen molar-refractivity contribution in [3.63, 3.8) is 0 Å². The molecule has 1 amide bonds. The fraction of sp³-hybridized carbons (Fsp3) is 0.300. The Balaban J connectivity index is 1.89. The number of aliphatic imine (C=N–C) groups is 1. The zero-order chi connectivity index (χ0) is 19.5. The van der Waals surface area contributed by atoms with E-state index in [0.29, 0.717) is 31.4 Å². The lowest BCUT2D eigenvalue weighted by molar-refractivity contribution is -0.119. The average Bonchev–Trinajstić information content (AvgIpc) is 2.68. The van der Waals surface area contributed by atoms with Crippen LogP contribution in [0.25, 0.3) is 0 Å². The number of nitrogens with one attached hydrogen (secondary N) is 2. The summed E-state index contributed by atoms with van der Waals surface area (Å²) in [5, 5.41) is 6.53.